The number of hydrogen-bond donors (Lipinski definition) is 1. The monoisotopic (exact) mass is 354 g/mol. The van der Waals surface area contributed by atoms with Gasteiger partial charge in [-0.05, 0) is 38.3 Å². The van der Waals surface area contributed by atoms with E-state index in [2.05, 4.69) is 15.3 Å². The third kappa shape index (κ3) is 3.07. The minimum atomic E-state index is -0.199. The first kappa shape index (κ1) is 16.0. The number of benzene rings is 1. The van der Waals surface area contributed by atoms with E-state index < -0.39 is 0 Å². The van der Waals surface area contributed by atoms with E-state index in [0.29, 0.717) is 10.9 Å². The van der Waals surface area contributed by atoms with Crippen molar-refractivity contribution in [2.75, 3.05) is 0 Å². The van der Waals surface area contributed by atoms with Gasteiger partial charge in [0.25, 0.3) is 5.56 Å². The zero-order valence-corrected chi connectivity index (χ0v) is 14.7. The second kappa shape index (κ2) is 6.40. The highest BCUT2D eigenvalue weighted by atomic mass is 32.1. The molecule has 7 heteroatoms. The van der Waals surface area contributed by atoms with Gasteiger partial charge in [-0.3, -0.25) is 14.2 Å². The molecule has 2 aromatic heterocycles. The summed E-state index contributed by atoms with van der Waals surface area (Å²) in [4.78, 5) is 35.0. The van der Waals surface area contributed by atoms with Crippen LogP contribution in [0, 0.1) is 6.92 Å². The molecule has 0 saturated heterocycles. The quantitative estimate of drug-likeness (QED) is 0.783. The molecule has 0 unspecified atom stereocenters. The number of nitrogens with zero attached hydrogens (tertiary/aromatic N) is 3. The number of amides is 1. The van der Waals surface area contributed by atoms with Crippen LogP contribution in [0.15, 0.2) is 35.4 Å². The zero-order valence-electron chi connectivity index (χ0n) is 13.9. The highest BCUT2D eigenvalue weighted by Crippen LogP contribution is 2.32. The van der Waals surface area contributed by atoms with E-state index in [1.54, 1.807) is 29.5 Å². The van der Waals surface area contributed by atoms with Crippen LogP contribution in [-0.4, -0.2) is 20.4 Å². The predicted molar refractivity (Wildman–Crippen MR) is 96.7 cm³/mol. The average Bonchev–Trinajstić information content (AvgIpc) is 2.99. The standard InChI is InChI=1S/C18H18N4O2S/c1-11-20-17-14(7-4-8-15(17)25-11)21-16(23)9-22-10-19-13-6-3-2-5-12(13)18(22)24/h2-3,5-6,10,14H,4,7-9H2,1H3,(H,21,23)/t14-/m0/s1. The van der Waals surface area contributed by atoms with Crippen LogP contribution < -0.4 is 10.9 Å². The van der Waals surface area contributed by atoms with Gasteiger partial charge in [0.1, 0.15) is 6.54 Å². The van der Waals surface area contributed by atoms with Crippen molar-refractivity contribution < 1.29 is 4.79 Å². The van der Waals surface area contributed by atoms with Gasteiger partial charge in [-0.25, -0.2) is 9.97 Å². The Hall–Kier alpha value is -2.54. The van der Waals surface area contributed by atoms with Crippen molar-refractivity contribution >= 4 is 28.1 Å². The van der Waals surface area contributed by atoms with Gasteiger partial charge in [0, 0.05) is 4.88 Å². The van der Waals surface area contributed by atoms with Crippen LogP contribution in [0.3, 0.4) is 0 Å². The number of hydrogen-bond acceptors (Lipinski definition) is 5. The first-order valence-corrected chi connectivity index (χ1v) is 9.13. The molecule has 0 spiro atoms. The summed E-state index contributed by atoms with van der Waals surface area (Å²) in [6.45, 7) is 1.95. The van der Waals surface area contributed by atoms with Crippen LogP contribution in [0.5, 0.6) is 0 Å². The lowest BCUT2D eigenvalue weighted by molar-refractivity contribution is -0.122. The zero-order chi connectivity index (χ0) is 17.4. The lowest BCUT2D eigenvalue weighted by atomic mass is 9.97. The van der Waals surface area contributed by atoms with Crippen molar-refractivity contribution in [2.45, 2.75) is 38.8 Å². The summed E-state index contributed by atoms with van der Waals surface area (Å²) in [6.07, 6.45) is 4.38. The lowest BCUT2D eigenvalue weighted by Gasteiger charge is -2.22. The summed E-state index contributed by atoms with van der Waals surface area (Å²) < 4.78 is 1.35. The van der Waals surface area contributed by atoms with E-state index in [9.17, 15) is 9.59 Å². The maximum Gasteiger partial charge on any atom is 0.261 e. The molecule has 4 rings (SSSR count). The highest BCUT2D eigenvalue weighted by molar-refractivity contribution is 7.11. The Morgan fingerprint density at radius 2 is 2.24 bits per heavy atom. The number of aromatic nitrogens is 3. The summed E-state index contributed by atoms with van der Waals surface area (Å²) >= 11 is 1.70. The van der Waals surface area contributed by atoms with Crippen LogP contribution in [-0.2, 0) is 17.8 Å². The second-order valence-corrected chi connectivity index (χ2v) is 7.54. The summed E-state index contributed by atoms with van der Waals surface area (Å²) in [5.74, 6) is -0.192. The van der Waals surface area contributed by atoms with Crippen molar-refractivity contribution in [2.24, 2.45) is 0 Å². The van der Waals surface area contributed by atoms with E-state index in [0.717, 1.165) is 30.0 Å². The van der Waals surface area contributed by atoms with E-state index in [-0.39, 0.29) is 24.1 Å². The molecule has 3 aromatic rings. The van der Waals surface area contributed by atoms with Crippen molar-refractivity contribution in [1.29, 1.82) is 0 Å². The highest BCUT2D eigenvalue weighted by Gasteiger charge is 2.25. The van der Waals surface area contributed by atoms with Crippen molar-refractivity contribution in [3.63, 3.8) is 0 Å². The minimum Gasteiger partial charge on any atom is -0.346 e. The molecule has 1 aliphatic rings. The van der Waals surface area contributed by atoms with Crippen LogP contribution in [0.2, 0.25) is 0 Å². The molecule has 0 bridgehead atoms. The number of aryl methyl sites for hydroxylation is 2. The van der Waals surface area contributed by atoms with E-state index >= 15 is 0 Å². The van der Waals surface area contributed by atoms with Gasteiger partial charge < -0.3 is 5.32 Å². The third-order valence-electron chi connectivity index (χ3n) is 4.44. The molecular formula is C18H18N4O2S. The second-order valence-electron chi connectivity index (χ2n) is 6.25. The first-order chi connectivity index (χ1) is 12.1. The Morgan fingerprint density at radius 3 is 3.12 bits per heavy atom. The van der Waals surface area contributed by atoms with Gasteiger partial charge in [-0.2, -0.15) is 0 Å². The number of fused-ring (bicyclic) bond motifs is 2. The molecule has 1 aliphatic carbocycles. The van der Waals surface area contributed by atoms with E-state index in [4.69, 9.17) is 0 Å². The molecule has 6 nitrogen and oxygen atoms in total. The number of carbonyl (C=O) groups is 1. The summed E-state index contributed by atoms with van der Waals surface area (Å²) in [7, 11) is 0. The molecule has 0 saturated carbocycles. The van der Waals surface area contributed by atoms with Crippen LogP contribution in [0.25, 0.3) is 10.9 Å². The van der Waals surface area contributed by atoms with Crippen LogP contribution in [0.4, 0.5) is 0 Å². The maximum absolute atomic E-state index is 12.5. The molecule has 0 radical (unpaired) electrons. The fourth-order valence-corrected chi connectivity index (χ4v) is 4.33. The third-order valence-corrected chi connectivity index (χ3v) is 5.49. The van der Waals surface area contributed by atoms with Crippen LogP contribution >= 0.6 is 11.3 Å². The van der Waals surface area contributed by atoms with E-state index in [1.807, 2.05) is 13.0 Å². The molecule has 0 fully saturated rings. The molecule has 1 N–H and O–H groups in total. The Kier molecular flexibility index (Phi) is 4.09. The molecule has 2 heterocycles. The smallest absolute Gasteiger partial charge is 0.261 e. The topological polar surface area (TPSA) is 76.9 Å². The van der Waals surface area contributed by atoms with Crippen molar-refractivity contribution in [3.05, 3.63) is 56.5 Å². The number of nitrogens with one attached hydrogen (secondary N) is 1. The van der Waals surface area contributed by atoms with E-state index in [1.165, 1.54) is 15.8 Å². The Labute approximate surface area is 148 Å². The van der Waals surface area contributed by atoms with Crippen LogP contribution in [0.1, 0.15) is 34.5 Å². The molecule has 128 valence electrons. The molecular weight excluding hydrogens is 336 g/mol. The Balaban J connectivity index is 1.54. The van der Waals surface area contributed by atoms with Crippen molar-refractivity contribution in [3.8, 4) is 0 Å². The minimum absolute atomic E-state index is 0.0361. The molecule has 1 atom stereocenters. The van der Waals surface area contributed by atoms with Gasteiger partial charge in [0.15, 0.2) is 0 Å². The first-order valence-electron chi connectivity index (χ1n) is 8.31. The van der Waals surface area contributed by atoms with Gasteiger partial charge in [-0.1, -0.05) is 12.1 Å². The number of rotatable bonds is 3. The summed E-state index contributed by atoms with van der Waals surface area (Å²) in [6, 6.07) is 7.08. The molecule has 1 amide bonds. The lowest BCUT2D eigenvalue weighted by Crippen LogP contribution is -2.36. The van der Waals surface area contributed by atoms with Gasteiger partial charge in [0.2, 0.25) is 5.91 Å². The fraction of sp³-hybridized carbons (Fsp3) is 0.333. The fourth-order valence-electron chi connectivity index (χ4n) is 3.29. The number of carbonyl (C=O) groups excluding carboxylic acids is 1. The SMILES string of the molecule is Cc1nc2c(s1)CCC[C@@H]2NC(=O)Cn1cnc2ccccc2c1=O. The van der Waals surface area contributed by atoms with Crippen molar-refractivity contribution in [1.82, 2.24) is 19.9 Å². The number of para-hydroxylation sites is 1. The summed E-state index contributed by atoms with van der Waals surface area (Å²) in [5.41, 5.74) is 1.43. The molecule has 0 aliphatic heterocycles. The summed E-state index contributed by atoms with van der Waals surface area (Å²) in [5, 5.41) is 4.58. The normalized spacial score (nSPS) is 16.6. The Bertz CT molecular complexity index is 1010. The molecule has 25 heavy (non-hydrogen) atoms. The maximum atomic E-state index is 12.5. The van der Waals surface area contributed by atoms with Gasteiger partial charge in [0.05, 0.1) is 34.0 Å². The average molecular weight is 354 g/mol. The van der Waals surface area contributed by atoms with Gasteiger partial charge in [-0.15, -0.1) is 11.3 Å². The predicted octanol–water partition coefficient (Wildman–Crippen LogP) is 2.36. The largest absolute Gasteiger partial charge is 0.346 e. The number of thiazole rings is 1. The Morgan fingerprint density at radius 1 is 1.40 bits per heavy atom. The molecule has 1 aromatic carbocycles. The van der Waals surface area contributed by atoms with Gasteiger partial charge >= 0.3 is 0 Å².